The molecule has 0 heterocycles. The van der Waals surface area contributed by atoms with Gasteiger partial charge in [-0.1, -0.05) is 48.6 Å². The minimum atomic E-state index is -0.173. The smallest absolute Gasteiger partial charge is 0.203 e. The molecule has 1 aliphatic carbocycles. The summed E-state index contributed by atoms with van der Waals surface area (Å²) in [4.78, 5) is 12.1. The Labute approximate surface area is 107 Å². The second kappa shape index (κ2) is 5.97. The molecule has 1 aromatic rings. The number of rotatable bonds is 3. The molecule has 1 aromatic carbocycles. The summed E-state index contributed by atoms with van der Waals surface area (Å²) in [5.74, 6) is 0.143. The van der Waals surface area contributed by atoms with Gasteiger partial charge in [-0.25, -0.2) is 0 Å². The average Bonchev–Trinajstić information content (AvgIpc) is 2.46. The molecule has 0 aliphatic heterocycles. The van der Waals surface area contributed by atoms with E-state index in [4.69, 9.17) is 5.26 Å². The summed E-state index contributed by atoms with van der Waals surface area (Å²) >= 11 is 0. The van der Waals surface area contributed by atoms with Crippen molar-refractivity contribution >= 4 is 5.78 Å². The molecular formula is C16H15NO. The predicted octanol–water partition coefficient (Wildman–Crippen LogP) is 3.68. The predicted molar refractivity (Wildman–Crippen MR) is 70.9 cm³/mol. The van der Waals surface area contributed by atoms with Crippen LogP contribution in [0.3, 0.4) is 0 Å². The first-order valence-electron chi connectivity index (χ1n) is 6.18. The molecule has 0 saturated heterocycles. The largest absolute Gasteiger partial charge is 0.288 e. The second-order valence-corrected chi connectivity index (χ2v) is 4.43. The lowest BCUT2D eigenvalue weighted by Crippen LogP contribution is -2.06. The van der Waals surface area contributed by atoms with E-state index in [0.717, 1.165) is 19.3 Å². The van der Waals surface area contributed by atoms with E-state index >= 15 is 0 Å². The minimum absolute atomic E-state index is 0.173. The van der Waals surface area contributed by atoms with E-state index in [-0.39, 0.29) is 11.4 Å². The van der Waals surface area contributed by atoms with Crippen LogP contribution in [0.25, 0.3) is 0 Å². The zero-order chi connectivity index (χ0) is 12.8. The van der Waals surface area contributed by atoms with E-state index in [2.05, 4.69) is 12.2 Å². The molecule has 0 amide bonds. The number of allylic oxidation sites excluding steroid dienone is 4. The van der Waals surface area contributed by atoms with Crippen molar-refractivity contribution in [2.75, 3.05) is 0 Å². The van der Waals surface area contributed by atoms with Crippen LogP contribution in [0.5, 0.6) is 0 Å². The normalized spacial score (nSPS) is 19.3. The van der Waals surface area contributed by atoms with E-state index in [1.807, 2.05) is 30.3 Å². The van der Waals surface area contributed by atoms with Crippen molar-refractivity contribution in [2.45, 2.75) is 19.3 Å². The van der Waals surface area contributed by atoms with E-state index in [1.54, 1.807) is 12.1 Å². The number of carbonyl (C=O) groups is 1. The zero-order valence-corrected chi connectivity index (χ0v) is 10.2. The third-order valence-electron chi connectivity index (χ3n) is 3.11. The molecule has 2 heteroatoms. The fourth-order valence-electron chi connectivity index (χ4n) is 2.11. The molecule has 0 saturated carbocycles. The van der Waals surface area contributed by atoms with Crippen LogP contribution in [-0.4, -0.2) is 5.78 Å². The molecule has 0 aromatic heterocycles. The van der Waals surface area contributed by atoms with Gasteiger partial charge in [0.15, 0.2) is 0 Å². The lowest BCUT2D eigenvalue weighted by molar-refractivity contribution is 0.103. The maximum absolute atomic E-state index is 12.1. The van der Waals surface area contributed by atoms with Crippen LogP contribution in [-0.2, 0) is 0 Å². The van der Waals surface area contributed by atoms with E-state index in [0.29, 0.717) is 11.5 Å². The molecule has 0 N–H and O–H groups in total. The van der Waals surface area contributed by atoms with E-state index in [9.17, 15) is 4.79 Å². The molecule has 2 rings (SSSR count). The Morgan fingerprint density at radius 2 is 2.06 bits per heavy atom. The summed E-state index contributed by atoms with van der Waals surface area (Å²) in [7, 11) is 0. The van der Waals surface area contributed by atoms with Crippen LogP contribution < -0.4 is 0 Å². The molecule has 2 nitrogen and oxygen atoms in total. The highest BCUT2D eigenvalue weighted by atomic mass is 16.1. The van der Waals surface area contributed by atoms with Crippen molar-refractivity contribution in [2.24, 2.45) is 5.92 Å². The number of nitriles is 1. The molecule has 0 radical (unpaired) electrons. The van der Waals surface area contributed by atoms with Gasteiger partial charge in [-0.2, -0.15) is 5.26 Å². The Kier molecular flexibility index (Phi) is 4.09. The Bertz CT molecular complexity index is 520. The quantitative estimate of drug-likeness (QED) is 0.348. The Hall–Kier alpha value is -2.14. The van der Waals surface area contributed by atoms with E-state index < -0.39 is 0 Å². The maximum atomic E-state index is 12.1. The van der Waals surface area contributed by atoms with Gasteiger partial charge in [-0.15, -0.1) is 0 Å². The maximum Gasteiger partial charge on any atom is 0.203 e. The molecule has 0 bridgehead atoms. The molecule has 1 atom stereocenters. The van der Waals surface area contributed by atoms with Crippen LogP contribution >= 0.6 is 0 Å². The second-order valence-electron chi connectivity index (χ2n) is 4.43. The minimum Gasteiger partial charge on any atom is -0.288 e. The lowest BCUT2D eigenvalue weighted by Gasteiger charge is -2.13. The number of benzene rings is 1. The van der Waals surface area contributed by atoms with Crippen molar-refractivity contribution in [3.63, 3.8) is 0 Å². The number of nitrogens with zero attached hydrogens (tertiary/aromatic N) is 1. The van der Waals surface area contributed by atoms with Crippen LogP contribution in [0, 0.1) is 17.2 Å². The summed E-state index contributed by atoms with van der Waals surface area (Å²) < 4.78 is 0. The summed E-state index contributed by atoms with van der Waals surface area (Å²) in [6.07, 6.45) is 9.07. The highest BCUT2D eigenvalue weighted by Gasteiger charge is 2.15. The van der Waals surface area contributed by atoms with Crippen molar-refractivity contribution in [3.05, 3.63) is 59.7 Å². The first-order chi connectivity index (χ1) is 8.81. The van der Waals surface area contributed by atoms with Crippen LogP contribution in [0.2, 0.25) is 0 Å². The van der Waals surface area contributed by atoms with Gasteiger partial charge < -0.3 is 0 Å². The van der Waals surface area contributed by atoms with Crippen LogP contribution in [0.1, 0.15) is 29.6 Å². The molecule has 0 fully saturated rings. The Morgan fingerprint density at radius 3 is 2.67 bits per heavy atom. The molecular weight excluding hydrogens is 222 g/mol. The molecule has 1 unspecified atom stereocenters. The number of hydrogen-bond acceptors (Lipinski definition) is 2. The van der Waals surface area contributed by atoms with Crippen molar-refractivity contribution in [3.8, 4) is 6.07 Å². The molecule has 1 aliphatic rings. The molecule has 18 heavy (non-hydrogen) atoms. The highest BCUT2D eigenvalue weighted by Crippen LogP contribution is 2.21. The van der Waals surface area contributed by atoms with Gasteiger partial charge in [-0.3, -0.25) is 4.79 Å². The zero-order valence-electron chi connectivity index (χ0n) is 10.2. The van der Waals surface area contributed by atoms with Crippen LogP contribution in [0.15, 0.2) is 54.1 Å². The monoisotopic (exact) mass is 237 g/mol. The fraction of sp³-hybridized carbons (Fsp3) is 0.250. The van der Waals surface area contributed by atoms with Crippen molar-refractivity contribution in [1.29, 1.82) is 5.26 Å². The van der Waals surface area contributed by atoms with Gasteiger partial charge in [0.05, 0.1) is 5.57 Å². The van der Waals surface area contributed by atoms with Crippen molar-refractivity contribution < 1.29 is 4.79 Å². The third-order valence-corrected chi connectivity index (χ3v) is 3.11. The summed E-state index contributed by atoms with van der Waals surface area (Å²) in [6.45, 7) is 0. The Balaban J connectivity index is 2.19. The third kappa shape index (κ3) is 2.95. The van der Waals surface area contributed by atoms with Gasteiger partial charge in [0.25, 0.3) is 0 Å². The molecule has 90 valence electrons. The van der Waals surface area contributed by atoms with Crippen molar-refractivity contribution in [1.82, 2.24) is 0 Å². The number of carbonyl (C=O) groups excluding carboxylic acids is 1. The van der Waals surface area contributed by atoms with Gasteiger partial charge >= 0.3 is 0 Å². The van der Waals surface area contributed by atoms with Gasteiger partial charge in [0.2, 0.25) is 5.78 Å². The highest BCUT2D eigenvalue weighted by molar-refractivity contribution is 6.11. The summed E-state index contributed by atoms with van der Waals surface area (Å²) in [6, 6.07) is 11.0. The first-order valence-corrected chi connectivity index (χ1v) is 6.18. The Morgan fingerprint density at radius 1 is 1.28 bits per heavy atom. The lowest BCUT2D eigenvalue weighted by atomic mass is 9.91. The summed E-state index contributed by atoms with van der Waals surface area (Å²) in [5, 5.41) is 9.13. The topological polar surface area (TPSA) is 40.9 Å². The number of hydrogen-bond donors (Lipinski definition) is 0. The molecule has 0 spiro atoms. The van der Waals surface area contributed by atoms with Crippen LogP contribution in [0.4, 0.5) is 0 Å². The average molecular weight is 237 g/mol. The number of ketones is 1. The fourth-order valence-corrected chi connectivity index (χ4v) is 2.11. The standard InChI is InChI=1S/C16H15NO/c17-12-15(11-13-7-3-1-4-8-13)16(18)14-9-5-2-6-10-14/h1-3,5-6,9-11,13H,4,7-8H2. The van der Waals surface area contributed by atoms with Gasteiger partial charge in [-0.05, 0) is 25.2 Å². The van der Waals surface area contributed by atoms with E-state index in [1.165, 1.54) is 0 Å². The number of Topliss-reactive ketones (excluding diaryl/α,β-unsaturated/α-hetero) is 1. The van der Waals surface area contributed by atoms with Gasteiger partial charge in [0.1, 0.15) is 6.07 Å². The van der Waals surface area contributed by atoms with Gasteiger partial charge in [0, 0.05) is 5.56 Å². The summed E-state index contributed by atoms with van der Waals surface area (Å²) in [5.41, 5.74) is 0.846. The first kappa shape index (κ1) is 12.3. The SMILES string of the molecule is N#CC(=CC1CC=CCC1)C(=O)c1ccccc1.